The molecule has 0 amide bonds. The van der Waals surface area contributed by atoms with Gasteiger partial charge in [-0.05, 0) is 32.0 Å². The summed E-state index contributed by atoms with van der Waals surface area (Å²) >= 11 is 0. The minimum Gasteiger partial charge on any atom is -0.494 e. The van der Waals surface area contributed by atoms with Gasteiger partial charge >= 0.3 is 0 Å². The normalized spacial score (nSPS) is 10.6. The summed E-state index contributed by atoms with van der Waals surface area (Å²) in [6, 6.07) is 5.34. The van der Waals surface area contributed by atoms with Crippen LogP contribution in [-0.2, 0) is 13.2 Å². The van der Waals surface area contributed by atoms with Gasteiger partial charge in [0.15, 0.2) is 5.78 Å². The van der Waals surface area contributed by atoms with Crippen molar-refractivity contribution in [2.45, 2.75) is 27.0 Å². The fourth-order valence-electron chi connectivity index (χ4n) is 1.88. The van der Waals surface area contributed by atoms with Crippen molar-refractivity contribution in [1.29, 1.82) is 0 Å². The molecule has 1 heterocycles. The first-order valence-electron chi connectivity index (χ1n) is 6.40. The average molecular weight is 275 g/mol. The Balaban J connectivity index is 2.31. The Kier molecular flexibility index (Phi) is 4.47. The van der Waals surface area contributed by atoms with Gasteiger partial charge in [-0.15, -0.1) is 5.10 Å². The molecule has 20 heavy (non-hydrogen) atoms. The van der Waals surface area contributed by atoms with Crippen LogP contribution in [0.4, 0.5) is 0 Å². The highest BCUT2D eigenvalue weighted by Gasteiger charge is 2.09. The fraction of sp³-hybridized carbons (Fsp3) is 0.357. The molecule has 6 heteroatoms. The maximum Gasteiger partial charge on any atom is 0.159 e. The largest absolute Gasteiger partial charge is 0.494 e. The quantitative estimate of drug-likeness (QED) is 0.807. The van der Waals surface area contributed by atoms with E-state index < -0.39 is 0 Å². The lowest BCUT2D eigenvalue weighted by Gasteiger charge is -2.11. The van der Waals surface area contributed by atoms with E-state index in [1.165, 1.54) is 6.92 Å². The molecule has 106 valence electrons. The van der Waals surface area contributed by atoms with Gasteiger partial charge in [0.1, 0.15) is 11.4 Å². The molecule has 1 aromatic heterocycles. The molecule has 0 bridgehead atoms. The zero-order valence-electron chi connectivity index (χ0n) is 11.5. The third-order valence-electron chi connectivity index (χ3n) is 2.85. The van der Waals surface area contributed by atoms with Gasteiger partial charge in [0.05, 0.1) is 26.0 Å². The number of hydrogen-bond donors (Lipinski definition) is 1. The lowest BCUT2D eigenvalue weighted by Crippen LogP contribution is -2.06. The first kappa shape index (κ1) is 14.2. The highest BCUT2D eigenvalue weighted by Crippen LogP contribution is 2.21. The maximum absolute atomic E-state index is 11.5. The number of aliphatic hydroxyl groups excluding tert-OH is 1. The van der Waals surface area contributed by atoms with Crippen molar-refractivity contribution in [2.24, 2.45) is 0 Å². The van der Waals surface area contributed by atoms with Crippen molar-refractivity contribution in [3.63, 3.8) is 0 Å². The number of ether oxygens (including phenoxy) is 1. The van der Waals surface area contributed by atoms with Gasteiger partial charge in [-0.3, -0.25) is 4.79 Å². The standard InChI is InChI=1S/C14H17N3O3/c1-3-20-14-5-4-11(10(2)19)6-12(14)7-17-8-13(9-18)15-16-17/h4-6,8,18H,3,7,9H2,1-2H3. The molecule has 1 N–H and O–H groups in total. The molecule has 2 aromatic rings. The Labute approximate surface area is 117 Å². The number of carbonyl (C=O) groups is 1. The van der Waals surface area contributed by atoms with Gasteiger partial charge in [-0.2, -0.15) is 0 Å². The highest BCUT2D eigenvalue weighted by molar-refractivity contribution is 5.94. The van der Waals surface area contributed by atoms with Crippen LogP contribution < -0.4 is 4.74 Å². The van der Waals surface area contributed by atoms with Crippen molar-refractivity contribution < 1.29 is 14.6 Å². The third kappa shape index (κ3) is 3.21. The number of aromatic nitrogens is 3. The number of ketones is 1. The molecule has 1 aromatic carbocycles. The molecule has 0 unspecified atom stereocenters. The molecule has 0 atom stereocenters. The van der Waals surface area contributed by atoms with Crippen LogP contribution >= 0.6 is 0 Å². The summed E-state index contributed by atoms with van der Waals surface area (Å²) in [7, 11) is 0. The summed E-state index contributed by atoms with van der Waals surface area (Å²) in [5.41, 5.74) is 1.99. The lowest BCUT2D eigenvalue weighted by atomic mass is 10.1. The van der Waals surface area contributed by atoms with Crippen LogP contribution in [0.5, 0.6) is 5.75 Å². The van der Waals surface area contributed by atoms with Crippen molar-refractivity contribution in [3.8, 4) is 5.75 Å². The van der Waals surface area contributed by atoms with Gasteiger partial charge in [0.25, 0.3) is 0 Å². The van der Waals surface area contributed by atoms with E-state index in [2.05, 4.69) is 10.3 Å². The predicted octanol–water partition coefficient (Wildman–Crippen LogP) is 1.42. The second kappa shape index (κ2) is 6.29. The number of Topliss-reactive ketones (excluding diaryl/α,β-unsaturated/α-hetero) is 1. The topological polar surface area (TPSA) is 77.2 Å². The Morgan fingerprint density at radius 3 is 2.85 bits per heavy atom. The number of carbonyl (C=O) groups excluding carboxylic acids is 1. The third-order valence-corrected chi connectivity index (χ3v) is 2.85. The Morgan fingerprint density at radius 1 is 1.45 bits per heavy atom. The molecular formula is C14H17N3O3. The van der Waals surface area contributed by atoms with Crippen LogP contribution in [0.2, 0.25) is 0 Å². The zero-order valence-corrected chi connectivity index (χ0v) is 11.5. The van der Waals surface area contributed by atoms with E-state index in [9.17, 15) is 4.79 Å². The number of hydrogen-bond acceptors (Lipinski definition) is 5. The number of benzene rings is 1. The number of nitrogens with zero attached hydrogens (tertiary/aromatic N) is 3. The average Bonchev–Trinajstić information content (AvgIpc) is 2.88. The summed E-state index contributed by atoms with van der Waals surface area (Å²) in [5.74, 6) is 0.725. The van der Waals surface area contributed by atoms with E-state index in [0.717, 1.165) is 11.3 Å². The predicted molar refractivity (Wildman–Crippen MR) is 72.7 cm³/mol. The molecule has 0 saturated heterocycles. The minimum atomic E-state index is -0.147. The maximum atomic E-state index is 11.5. The van der Waals surface area contributed by atoms with Crippen LogP contribution in [0.15, 0.2) is 24.4 Å². The zero-order chi connectivity index (χ0) is 14.5. The summed E-state index contributed by atoms with van der Waals surface area (Å²) in [6.07, 6.45) is 1.66. The molecule has 0 fully saturated rings. The highest BCUT2D eigenvalue weighted by atomic mass is 16.5. The van der Waals surface area contributed by atoms with E-state index in [4.69, 9.17) is 9.84 Å². The van der Waals surface area contributed by atoms with Crippen LogP contribution in [0.25, 0.3) is 0 Å². The molecular weight excluding hydrogens is 258 g/mol. The number of rotatable bonds is 6. The minimum absolute atomic E-state index is 0.00364. The monoisotopic (exact) mass is 275 g/mol. The first-order chi connectivity index (χ1) is 9.63. The van der Waals surface area contributed by atoms with Gasteiger partial charge in [0, 0.05) is 11.1 Å². The van der Waals surface area contributed by atoms with Crippen molar-refractivity contribution in [3.05, 3.63) is 41.2 Å². The van der Waals surface area contributed by atoms with Crippen LogP contribution in [-0.4, -0.2) is 32.5 Å². The SMILES string of the molecule is CCOc1ccc(C(C)=O)cc1Cn1cc(CO)nn1. The molecule has 0 saturated carbocycles. The molecule has 0 aliphatic carbocycles. The summed E-state index contributed by atoms with van der Waals surface area (Å²) in [6.45, 7) is 4.27. The second-order valence-electron chi connectivity index (χ2n) is 4.38. The smallest absolute Gasteiger partial charge is 0.159 e. The van der Waals surface area contributed by atoms with Gasteiger partial charge in [-0.25, -0.2) is 4.68 Å². The molecule has 0 spiro atoms. The number of aliphatic hydroxyl groups is 1. The van der Waals surface area contributed by atoms with E-state index in [-0.39, 0.29) is 12.4 Å². The lowest BCUT2D eigenvalue weighted by molar-refractivity contribution is 0.101. The van der Waals surface area contributed by atoms with E-state index in [0.29, 0.717) is 24.4 Å². The van der Waals surface area contributed by atoms with Crippen molar-refractivity contribution in [2.75, 3.05) is 6.61 Å². The summed E-state index contributed by atoms with van der Waals surface area (Å²) in [4.78, 5) is 11.5. The molecule has 2 rings (SSSR count). The van der Waals surface area contributed by atoms with E-state index >= 15 is 0 Å². The molecule has 0 aliphatic rings. The summed E-state index contributed by atoms with van der Waals surface area (Å²) < 4.78 is 7.16. The van der Waals surface area contributed by atoms with E-state index in [1.807, 2.05) is 6.92 Å². The first-order valence-corrected chi connectivity index (χ1v) is 6.40. The van der Waals surface area contributed by atoms with Crippen LogP contribution in [0.3, 0.4) is 0 Å². The summed E-state index contributed by atoms with van der Waals surface area (Å²) in [5, 5.41) is 16.7. The van der Waals surface area contributed by atoms with Crippen LogP contribution in [0.1, 0.15) is 35.5 Å². The van der Waals surface area contributed by atoms with Crippen LogP contribution in [0, 0.1) is 0 Å². The van der Waals surface area contributed by atoms with E-state index in [1.54, 1.807) is 29.1 Å². The van der Waals surface area contributed by atoms with Crippen molar-refractivity contribution >= 4 is 5.78 Å². The van der Waals surface area contributed by atoms with Gasteiger partial charge < -0.3 is 9.84 Å². The van der Waals surface area contributed by atoms with Gasteiger partial charge in [-0.1, -0.05) is 5.21 Å². The molecule has 0 radical (unpaired) electrons. The molecule has 6 nitrogen and oxygen atoms in total. The Morgan fingerprint density at radius 2 is 2.25 bits per heavy atom. The molecule has 0 aliphatic heterocycles. The Hall–Kier alpha value is -2.21. The van der Waals surface area contributed by atoms with Crippen molar-refractivity contribution in [1.82, 2.24) is 15.0 Å². The Bertz CT molecular complexity index is 607. The second-order valence-corrected chi connectivity index (χ2v) is 4.38. The van der Waals surface area contributed by atoms with Gasteiger partial charge in [0.2, 0.25) is 0 Å². The fourth-order valence-corrected chi connectivity index (χ4v) is 1.88.